The third-order valence-electron chi connectivity index (χ3n) is 0. The topological polar surface area (TPSA) is 0 Å². The van der Waals surface area contributed by atoms with Crippen LogP contribution in [0, 0.1) is 0 Å². The van der Waals surface area contributed by atoms with E-state index in [1.54, 1.807) is 0 Å². The molecule has 0 saturated carbocycles. The van der Waals surface area contributed by atoms with Gasteiger partial charge in [0.2, 0.25) is 0 Å². The Morgan fingerprint density at radius 3 is 1.00 bits per heavy atom. The number of rotatable bonds is 0. The van der Waals surface area contributed by atoms with Crippen LogP contribution in [0.15, 0.2) is 0 Å². The van der Waals surface area contributed by atoms with Gasteiger partial charge in [-0.15, -0.1) is 0 Å². The van der Waals surface area contributed by atoms with Crippen molar-refractivity contribution in [2.75, 3.05) is 0 Å². The van der Waals surface area contributed by atoms with E-state index in [1.165, 1.54) is 0 Å². The van der Waals surface area contributed by atoms with Crippen molar-refractivity contribution in [3.63, 3.8) is 0 Å². The van der Waals surface area contributed by atoms with Crippen LogP contribution in [-0.4, -0.2) is 32.3 Å². The zero-order valence-corrected chi connectivity index (χ0v) is 7.92. The van der Waals surface area contributed by atoms with E-state index in [4.69, 9.17) is 0 Å². The van der Waals surface area contributed by atoms with Crippen LogP contribution < -0.4 is 0 Å². The first-order chi connectivity index (χ1) is 1.73. The molecule has 0 amide bonds. The van der Waals surface area contributed by atoms with E-state index in [0.29, 0.717) is 0 Å². The Balaban J connectivity index is 0. The quantitative estimate of drug-likeness (QED) is 0.503. The third-order valence-corrected chi connectivity index (χ3v) is 0. The van der Waals surface area contributed by atoms with Crippen LogP contribution in [0.4, 0.5) is 0 Å². The third kappa shape index (κ3) is 40.5. The summed E-state index contributed by atoms with van der Waals surface area (Å²) >= 11 is -0.333. The van der Waals surface area contributed by atoms with Crippen molar-refractivity contribution in [2.45, 2.75) is 17.3 Å². The molecule has 2 heteroatoms. The predicted molar refractivity (Wildman–Crippen MR) is 29.1 cm³/mol. The molecule has 4 radical (unpaired) electrons. The molecule has 5 heavy (non-hydrogen) atoms. The first-order valence-electron chi connectivity index (χ1n) is 1.50. The van der Waals surface area contributed by atoms with Crippen molar-refractivity contribution in [2.24, 2.45) is 0 Å². The average Bonchev–Trinajstić information content (AvgIpc) is 0.811. The van der Waals surface area contributed by atoms with Gasteiger partial charge in [-0.2, -0.15) is 0 Å². The fourth-order valence-corrected chi connectivity index (χ4v) is 0. The predicted octanol–water partition coefficient (Wildman–Crippen LogP) is 0.990. The van der Waals surface area contributed by atoms with Crippen LogP contribution in [0.25, 0.3) is 0 Å². The average molecular weight is 193 g/mol. The fraction of sp³-hybridized carbons (Fsp3) is 1.00. The SMILES string of the molecule is [As].[CH3][Ge]([CH3])[CH3]. The zero-order valence-electron chi connectivity index (χ0n) is 3.95. The van der Waals surface area contributed by atoms with Gasteiger partial charge >= 0.3 is 31.6 Å². The molecule has 0 aliphatic rings. The van der Waals surface area contributed by atoms with Gasteiger partial charge in [-0.3, -0.25) is 0 Å². The molecule has 0 rings (SSSR count). The number of hydrogen-bond donors (Lipinski definition) is 0. The molecular weight excluding hydrogens is 184 g/mol. The monoisotopic (exact) mass is 194 g/mol. The van der Waals surface area contributed by atoms with E-state index < -0.39 is 0 Å². The van der Waals surface area contributed by atoms with E-state index in [-0.39, 0.29) is 32.3 Å². The maximum absolute atomic E-state index is 2.33. The Labute approximate surface area is 49.8 Å². The first-order valence-corrected chi connectivity index (χ1v) is 7.79. The molecule has 0 heterocycles. The Bertz CT molecular complexity index is 11.6. The van der Waals surface area contributed by atoms with Crippen LogP contribution in [0.3, 0.4) is 0 Å². The van der Waals surface area contributed by atoms with Gasteiger partial charge in [0.1, 0.15) is 0 Å². The van der Waals surface area contributed by atoms with Crippen LogP contribution in [0.1, 0.15) is 0 Å². The van der Waals surface area contributed by atoms with Gasteiger partial charge in [-0.1, -0.05) is 0 Å². The molecule has 0 saturated heterocycles. The summed E-state index contributed by atoms with van der Waals surface area (Å²) in [6.45, 7) is 0. The van der Waals surface area contributed by atoms with Crippen molar-refractivity contribution in [1.29, 1.82) is 0 Å². The summed E-state index contributed by atoms with van der Waals surface area (Å²) in [5, 5.41) is 0. The second kappa shape index (κ2) is 5.10. The van der Waals surface area contributed by atoms with Gasteiger partial charge in [0.05, 0.1) is 0 Å². The van der Waals surface area contributed by atoms with E-state index >= 15 is 0 Å². The minimum atomic E-state index is -0.333. The minimum absolute atomic E-state index is 0. The zero-order chi connectivity index (χ0) is 3.58. The molecule has 0 aromatic carbocycles. The second-order valence-corrected chi connectivity index (χ2v) is 7.79. The Kier molecular flexibility index (Phi) is 9.63. The van der Waals surface area contributed by atoms with E-state index in [1.807, 2.05) is 0 Å². The summed E-state index contributed by atoms with van der Waals surface area (Å²) in [7, 11) is 0. The van der Waals surface area contributed by atoms with Gasteiger partial charge in [0.15, 0.2) is 0 Å². The first kappa shape index (κ1) is 9.44. The molecule has 0 nitrogen and oxygen atoms in total. The van der Waals surface area contributed by atoms with Crippen molar-refractivity contribution in [1.82, 2.24) is 0 Å². The van der Waals surface area contributed by atoms with Crippen LogP contribution in [0.5, 0.6) is 0 Å². The summed E-state index contributed by atoms with van der Waals surface area (Å²) in [5.41, 5.74) is 0. The van der Waals surface area contributed by atoms with Gasteiger partial charge in [-0.05, 0) is 0 Å². The summed E-state index contributed by atoms with van der Waals surface area (Å²) < 4.78 is 0. The Morgan fingerprint density at radius 2 is 1.00 bits per heavy atom. The molecule has 0 bridgehead atoms. The fourth-order valence-electron chi connectivity index (χ4n) is 0. The summed E-state index contributed by atoms with van der Waals surface area (Å²) in [4.78, 5) is 0. The van der Waals surface area contributed by atoms with E-state index in [9.17, 15) is 0 Å². The van der Waals surface area contributed by atoms with Gasteiger partial charge in [-0.25, -0.2) is 0 Å². The normalized spacial score (nSPS) is 7.20. The molecule has 0 unspecified atom stereocenters. The van der Waals surface area contributed by atoms with Gasteiger partial charge < -0.3 is 0 Å². The Hall–Kier alpha value is 1.10. The maximum atomic E-state index is 2.33. The van der Waals surface area contributed by atoms with Crippen molar-refractivity contribution in [3.8, 4) is 0 Å². The molecule has 0 aromatic rings. The number of hydrogen-bond acceptors (Lipinski definition) is 0. The summed E-state index contributed by atoms with van der Waals surface area (Å²) in [5.74, 6) is 7.00. The molecule has 0 spiro atoms. The Morgan fingerprint density at radius 1 is 1.00 bits per heavy atom. The molecule has 0 fully saturated rings. The van der Waals surface area contributed by atoms with Crippen LogP contribution >= 0.6 is 0 Å². The molecular formula is C3H9AsGe. The second-order valence-electron chi connectivity index (χ2n) is 1.50. The molecule has 30 valence electrons. The standard InChI is InChI=1S/C3H9Ge.As/c1-4(2)3;/h1-3H3;. The van der Waals surface area contributed by atoms with Crippen molar-refractivity contribution in [3.05, 3.63) is 0 Å². The van der Waals surface area contributed by atoms with Gasteiger partial charge in [0, 0.05) is 18.0 Å². The summed E-state index contributed by atoms with van der Waals surface area (Å²) in [6.07, 6.45) is 0. The summed E-state index contributed by atoms with van der Waals surface area (Å²) in [6, 6.07) is 0. The van der Waals surface area contributed by atoms with Crippen molar-refractivity contribution >= 4 is 32.3 Å². The van der Waals surface area contributed by atoms with E-state index in [2.05, 4.69) is 17.3 Å². The molecule has 0 N–H and O–H groups in total. The molecule has 0 atom stereocenters. The molecule has 0 aliphatic carbocycles. The molecule has 0 aromatic heterocycles. The van der Waals surface area contributed by atoms with E-state index in [0.717, 1.165) is 0 Å². The van der Waals surface area contributed by atoms with Gasteiger partial charge in [0.25, 0.3) is 0 Å². The van der Waals surface area contributed by atoms with Crippen molar-refractivity contribution < 1.29 is 0 Å². The van der Waals surface area contributed by atoms with Crippen LogP contribution in [-0.2, 0) is 0 Å². The van der Waals surface area contributed by atoms with Crippen LogP contribution in [0.2, 0.25) is 17.3 Å². The molecule has 0 aliphatic heterocycles.